The van der Waals surface area contributed by atoms with E-state index in [-0.39, 0.29) is 30.3 Å². The number of alkyl halides is 3. The Labute approximate surface area is 132 Å². The number of hydrogen-bond donors (Lipinski definition) is 0. The molecule has 1 spiro atoms. The first-order chi connectivity index (χ1) is 10.8. The number of amides is 2. The minimum Gasteiger partial charge on any atom is -0.278 e. The van der Waals surface area contributed by atoms with E-state index in [1.807, 2.05) is 0 Å². The lowest BCUT2D eigenvalue weighted by atomic mass is 9.73. The van der Waals surface area contributed by atoms with E-state index in [2.05, 4.69) is 0 Å². The monoisotopic (exact) mass is 325 g/mol. The van der Waals surface area contributed by atoms with Crippen LogP contribution in [0.2, 0.25) is 0 Å². The molecule has 0 bridgehead atoms. The fourth-order valence-electron chi connectivity index (χ4n) is 3.74. The first kappa shape index (κ1) is 16.0. The van der Waals surface area contributed by atoms with Gasteiger partial charge in [-0.15, -0.1) is 0 Å². The van der Waals surface area contributed by atoms with Crippen LogP contribution in [0.15, 0.2) is 24.3 Å². The topological polar surface area (TPSA) is 37.4 Å². The molecular formula is C17H18F3NO2. The molecule has 1 aliphatic carbocycles. The van der Waals surface area contributed by atoms with E-state index in [0.29, 0.717) is 12.8 Å². The molecule has 0 atom stereocenters. The molecule has 1 saturated heterocycles. The van der Waals surface area contributed by atoms with Crippen molar-refractivity contribution in [3.8, 4) is 0 Å². The lowest BCUT2D eigenvalue weighted by Gasteiger charge is -2.30. The van der Waals surface area contributed by atoms with Crippen molar-refractivity contribution in [2.24, 2.45) is 5.41 Å². The van der Waals surface area contributed by atoms with E-state index in [0.717, 1.165) is 30.2 Å². The predicted octanol–water partition coefficient (Wildman–Crippen LogP) is 3.91. The summed E-state index contributed by atoms with van der Waals surface area (Å²) in [6.45, 7) is -0.297. The number of hydrogen-bond acceptors (Lipinski definition) is 2. The Morgan fingerprint density at radius 1 is 1.04 bits per heavy atom. The molecule has 6 heteroatoms. The molecule has 0 radical (unpaired) electrons. The Bertz CT molecular complexity index is 633. The number of carbonyl (C=O) groups is 2. The minimum atomic E-state index is -4.50. The van der Waals surface area contributed by atoms with Gasteiger partial charge in [0, 0.05) is 6.42 Å². The highest BCUT2D eigenvalue weighted by molar-refractivity contribution is 6.05. The zero-order valence-corrected chi connectivity index (χ0v) is 12.7. The summed E-state index contributed by atoms with van der Waals surface area (Å²) in [5, 5.41) is 0. The predicted molar refractivity (Wildman–Crippen MR) is 77.1 cm³/mol. The van der Waals surface area contributed by atoms with Gasteiger partial charge in [-0.2, -0.15) is 13.2 Å². The van der Waals surface area contributed by atoms with E-state index >= 15 is 0 Å². The third kappa shape index (κ3) is 2.86. The number of nitrogens with zero attached hydrogens (tertiary/aromatic N) is 1. The second-order valence-corrected chi connectivity index (χ2v) is 6.46. The summed E-state index contributed by atoms with van der Waals surface area (Å²) in [6, 6.07) is 5.11. The Morgan fingerprint density at radius 2 is 1.70 bits per heavy atom. The van der Waals surface area contributed by atoms with E-state index in [4.69, 9.17) is 0 Å². The fraction of sp³-hybridized carbons (Fsp3) is 0.529. The number of imide groups is 1. The van der Waals surface area contributed by atoms with Gasteiger partial charge in [-0.25, -0.2) is 0 Å². The molecule has 0 aromatic heterocycles. The van der Waals surface area contributed by atoms with Crippen molar-refractivity contribution in [2.45, 2.75) is 51.2 Å². The Hall–Kier alpha value is -1.85. The molecule has 2 fully saturated rings. The zero-order chi connectivity index (χ0) is 16.7. The molecule has 1 aromatic rings. The second-order valence-electron chi connectivity index (χ2n) is 6.46. The van der Waals surface area contributed by atoms with Gasteiger partial charge < -0.3 is 0 Å². The third-order valence-electron chi connectivity index (χ3n) is 4.95. The van der Waals surface area contributed by atoms with Crippen molar-refractivity contribution < 1.29 is 22.8 Å². The molecule has 3 rings (SSSR count). The molecule has 2 amide bonds. The summed E-state index contributed by atoms with van der Waals surface area (Å²) in [4.78, 5) is 26.0. The van der Waals surface area contributed by atoms with Crippen LogP contribution < -0.4 is 0 Å². The molecule has 1 saturated carbocycles. The van der Waals surface area contributed by atoms with Gasteiger partial charge >= 0.3 is 6.18 Å². The van der Waals surface area contributed by atoms with Crippen LogP contribution in [0.5, 0.6) is 0 Å². The smallest absolute Gasteiger partial charge is 0.278 e. The van der Waals surface area contributed by atoms with Gasteiger partial charge in [0.05, 0.1) is 17.5 Å². The van der Waals surface area contributed by atoms with E-state index in [9.17, 15) is 22.8 Å². The van der Waals surface area contributed by atoms with Crippen LogP contribution in [-0.2, 0) is 22.3 Å². The Morgan fingerprint density at radius 3 is 2.35 bits per heavy atom. The highest BCUT2D eigenvalue weighted by Crippen LogP contribution is 2.46. The van der Waals surface area contributed by atoms with E-state index in [1.54, 1.807) is 0 Å². The maximum atomic E-state index is 13.1. The van der Waals surface area contributed by atoms with Crippen LogP contribution in [0.3, 0.4) is 0 Å². The second kappa shape index (κ2) is 5.65. The highest BCUT2D eigenvalue weighted by Gasteiger charge is 2.51. The molecular weight excluding hydrogens is 307 g/mol. The first-order valence-electron chi connectivity index (χ1n) is 7.83. The van der Waals surface area contributed by atoms with E-state index < -0.39 is 17.2 Å². The lowest BCUT2D eigenvalue weighted by molar-refractivity contribution is -0.145. The van der Waals surface area contributed by atoms with Crippen LogP contribution in [0.4, 0.5) is 13.2 Å². The van der Waals surface area contributed by atoms with Crippen LogP contribution in [-0.4, -0.2) is 16.7 Å². The van der Waals surface area contributed by atoms with Crippen LogP contribution in [0.1, 0.15) is 49.7 Å². The van der Waals surface area contributed by atoms with Gasteiger partial charge in [0.2, 0.25) is 11.8 Å². The standard InChI is InChI=1S/C17H18F3NO2/c18-17(19,20)13-7-3-2-6-12(13)11-21-14(22)10-16(15(21)23)8-4-1-5-9-16/h2-3,6-7H,1,4-5,8-11H2. The normalized spacial score (nSPS) is 21.3. The summed E-state index contributed by atoms with van der Waals surface area (Å²) in [7, 11) is 0. The Balaban J connectivity index is 1.87. The maximum absolute atomic E-state index is 13.1. The summed E-state index contributed by atoms with van der Waals surface area (Å²) in [6.07, 6.45) is -0.201. The van der Waals surface area contributed by atoms with Gasteiger partial charge in [0.25, 0.3) is 0 Å². The molecule has 23 heavy (non-hydrogen) atoms. The summed E-state index contributed by atoms with van der Waals surface area (Å²) in [5.41, 5.74) is -1.48. The molecule has 0 unspecified atom stereocenters. The maximum Gasteiger partial charge on any atom is 0.416 e. The van der Waals surface area contributed by atoms with Crippen molar-refractivity contribution >= 4 is 11.8 Å². The fourth-order valence-corrected chi connectivity index (χ4v) is 3.74. The van der Waals surface area contributed by atoms with E-state index in [1.165, 1.54) is 18.2 Å². The Kier molecular flexibility index (Phi) is 3.94. The molecule has 1 heterocycles. The van der Waals surface area contributed by atoms with Crippen LogP contribution >= 0.6 is 0 Å². The summed E-state index contributed by atoms with van der Waals surface area (Å²) >= 11 is 0. The number of benzene rings is 1. The number of likely N-dealkylation sites (tertiary alicyclic amines) is 1. The van der Waals surface area contributed by atoms with Crippen LogP contribution in [0, 0.1) is 5.41 Å². The average Bonchev–Trinajstić information content (AvgIpc) is 2.72. The quantitative estimate of drug-likeness (QED) is 0.773. The van der Waals surface area contributed by atoms with Crippen LogP contribution in [0.25, 0.3) is 0 Å². The summed E-state index contributed by atoms with van der Waals surface area (Å²) in [5.74, 6) is -0.645. The van der Waals surface area contributed by atoms with Crippen molar-refractivity contribution in [3.63, 3.8) is 0 Å². The largest absolute Gasteiger partial charge is 0.416 e. The van der Waals surface area contributed by atoms with Crippen molar-refractivity contribution in [3.05, 3.63) is 35.4 Å². The van der Waals surface area contributed by atoms with Gasteiger partial charge in [0.15, 0.2) is 0 Å². The highest BCUT2D eigenvalue weighted by atomic mass is 19.4. The van der Waals surface area contributed by atoms with Gasteiger partial charge in [-0.3, -0.25) is 14.5 Å². The van der Waals surface area contributed by atoms with Crippen molar-refractivity contribution in [1.82, 2.24) is 4.90 Å². The SMILES string of the molecule is O=C1CC2(CCCCC2)C(=O)N1Cc1ccccc1C(F)(F)F. The molecule has 1 aromatic carbocycles. The first-order valence-corrected chi connectivity index (χ1v) is 7.83. The van der Waals surface area contributed by atoms with Crippen molar-refractivity contribution in [2.75, 3.05) is 0 Å². The lowest BCUT2D eigenvalue weighted by Crippen LogP contribution is -2.36. The zero-order valence-electron chi connectivity index (χ0n) is 12.7. The third-order valence-corrected chi connectivity index (χ3v) is 4.95. The average molecular weight is 325 g/mol. The summed E-state index contributed by atoms with van der Waals surface area (Å²) < 4.78 is 39.2. The molecule has 3 nitrogen and oxygen atoms in total. The molecule has 0 N–H and O–H groups in total. The minimum absolute atomic E-state index is 0.0328. The number of rotatable bonds is 2. The number of halogens is 3. The van der Waals surface area contributed by atoms with Gasteiger partial charge in [-0.1, -0.05) is 37.5 Å². The molecule has 124 valence electrons. The van der Waals surface area contributed by atoms with Gasteiger partial charge in [-0.05, 0) is 24.5 Å². The van der Waals surface area contributed by atoms with Crippen molar-refractivity contribution in [1.29, 1.82) is 0 Å². The molecule has 2 aliphatic rings. The number of carbonyl (C=O) groups excluding carboxylic acids is 2. The molecule has 1 aliphatic heterocycles. The van der Waals surface area contributed by atoms with Gasteiger partial charge in [0.1, 0.15) is 0 Å².